The quantitative estimate of drug-likeness (QED) is 0.496. The Morgan fingerprint density at radius 1 is 1.36 bits per heavy atom. The second-order valence-electron chi connectivity index (χ2n) is 2.20. The van der Waals surface area contributed by atoms with Crippen molar-refractivity contribution < 1.29 is 20.1 Å². The van der Waals surface area contributed by atoms with Gasteiger partial charge in [0.15, 0.2) is 0 Å². The minimum absolute atomic E-state index is 0.0287. The Morgan fingerprint density at radius 3 is 2.18 bits per heavy atom. The molecule has 0 unspecified atom stereocenters. The SMILES string of the molecule is CC(CCO)=C(CO)C(=O)O. The van der Waals surface area contributed by atoms with E-state index in [9.17, 15) is 4.79 Å². The molecule has 0 aromatic rings. The molecule has 4 heteroatoms. The van der Waals surface area contributed by atoms with Gasteiger partial charge in [-0.2, -0.15) is 0 Å². The zero-order valence-corrected chi connectivity index (χ0v) is 6.37. The molecule has 0 rings (SSSR count). The maximum absolute atomic E-state index is 10.3. The van der Waals surface area contributed by atoms with Crippen LogP contribution in [0.2, 0.25) is 0 Å². The van der Waals surface area contributed by atoms with Crippen molar-refractivity contribution in [3.05, 3.63) is 11.1 Å². The van der Waals surface area contributed by atoms with Crippen molar-refractivity contribution in [2.45, 2.75) is 13.3 Å². The number of carboxylic acids is 1. The lowest BCUT2D eigenvalue weighted by Gasteiger charge is -2.02. The van der Waals surface area contributed by atoms with Gasteiger partial charge in [0.1, 0.15) is 0 Å². The molecule has 3 N–H and O–H groups in total. The van der Waals surface area contributed by atoms with E-state index in [1.54, 1.807) is 6.92 Å². The van der Waals surface area contributed by atoms with Crippen LogP contribution >= 0.6 is 0 Å². The predicted molar refractivity (Wildman–Crippen MR) is 39.1 cm³/mol. The van der Waals surface area contributed by atoms with Crippen LogP contribution in [-0.4, -0.2) is 34.5 Å². The summed E-state index contributed by atoms with van der Waals surface area (Å²) in [5.41, 5.74) is 0.488. The van der Waals surface area contributed by atoms with E-state index in [-0.39, 0.29) is 12.2 Å². The highest BCUT2D eigenvalue weighted by Crippen LogP contribution is 2.06. The topological polar surface area (TPSA) is 77.8 Å². The largest absolute Gasteiger partial charge is 0.478 e. The fraction of sp³-hybridized carbons (Fsp3) is 0.571. The summed E-state index contributed by atoms with van der Waals surface area (Å²) in [5.74, 6) is -1.13. The first-order chi connectivity index (χ1) is 5.13. The third-order valence-electron chi connectivity index (χ3n) is 1.42. The van der Waals surface area contributed by atoms with Gasteiger partial charge in [-0.3, -0.25) is 0 Å². The number of aliphatic hydroxyl groups excluding tert-OH is 2. The predicted octanol–water partition coefficient (Wildman–Crippen LogP) is -0.238. The molecular formula is C7H12O4. The molecule has 64 valence electrons. The first kappa shape index (κ1) is 10.1. The van der Waals surface area contributed by atoms with E-state index in [0.29, 0.717) is 12.0 Å². The van der Waals surface area contributed by atoms with Crippen LogP contribution in [0.3, 0.4) is 0 Å². The van der Waals surface area contributed by atoms with Crippen molar-refractivity contribution in [2.24, 2.45) is 0 Å². The lowest BCUT2D eigenvalue weighted by molar-refractivity contribution is -0.133. The Hall–Kier alpha value is -0.870. The standard InChI is InChI=1S/C7H12O4/c1-5(2-3-8)6(4-9)7(10)11/h8-9H,2-4H2,1H3,(H,10,11). The van der Waals surface area contributed by atoms with Gasteiger partial charge in [0.25, 0.3) is 0 Å². The van der Waals surface area contributed by atoms with Crippen molar-refractivity contribution in [3.8, 4) is 0 Å². The van der Waals surface area contributed by atoms with Gasteiger partial charge in [-0.05, 0) is 13.3 Å². The number of rotatable bonds is 4. The van der Waals surface area contributed by atoms with Gasteiger partial charge in [0, 0.05) is 6.61 Å². The van der Waals surface area contributed by atoms with Crippen molar-refractivity contribution in [1.29, 1.82) is 0 Å². The summed E-state index contributed by atoms with van der Waals surface area (Å²) in [5, 5.41) is 25.5. The zero-order chi connectivity index (χ0) is 8.85. The summed E-state index contributed by atoms with van der Waals surface area (Å²) in [6, 6.07) is 0. The molecule has 11 heavy (non-hydrogen) atoms. The second kappa shape index (κ2) is 4.87. The molecule has 0 aliphatic heterocycles. The molecule has 0 aliphatic carbocycles. The molecule has 0 radical (unpaired) electrons. The van der Waals surface area contributed by atoms with Gasteiger partial charge in [0.05, 0.1) is 12.2 Å². The zero-order valence-electron chi connectivity index (χ0n) is 6.37. The number of carboxylic acid groups (broad SMARTS) is 1. The van der Waals surface area contributed by atoms with Crippen LogP contribution in [0.4, 0.5) is 0 Å². The first-order valence-electron chi connectivity index (χ1n) is 3.27. The van der Waals surface area contributed by atoms with Crippen molar-refractivity contribution in [3.63, 3.8) is 0 Å². The molecule has 0 spiro atoms. The summed E-state index contributed by atoms with van der Waals surface area (Å²) < 4.78 is 0. The van der Waals surface area contributed by atoms with Gasteiger partial charge in [-0.25, -0.2) is 4.79 Å². The van der Waals surface area contributed by atoms with Crippen LogP contribution in [0, 0.1) is 0 Å². The van der Waals surface area contributed by atoms with Crippen LogP contribution in [-0.2, 0) is 4.79 Å². The Morgan fingerprint density at radius 2 is 1.91 bits per heavy atom. The van der Waals surface area contributed by atoms with E-state index in [2.05, 4.69) is 0 Å². The molecule has 4 nitrogen and oxygen atoms in total. The maximum atomic E-state index is 10.3. The normalized spacial score (nSPS) is 12.6. The molecule has 0 bridgehead atoms. The average molecular weight is 160 g/mol. The lowest BCUT2D eigenvalue weighted by Crippen LogP contribution is -2.08. The smallest absolute Gasteiger partial charge is 0.333 e. The van der Waals surface area contributed by atoms with Crippen molar-refractivity contribution in [2.75, 3.05) is 13.2 Å². The van der Waals surface area contributed by atoms with Gasteiger partial charge >= 0.3 is 5.97 Å². The fourth-order valence-corrected chi connectivity index (χ4v) is 0.704. The maximum Gasteiger partial charge on any atom is 0.333 e. The minimum Gasteiger partial charge on any atom is -0.478 e. The summed E-state index contributed by atoms with van der Waals surface area (Å²) in [4.78, 5) is 10.3. The van der Waals surface area contributed by atoms with Gasteiger partial charge < -0.3 is 15.3 Å². The molecule has 0 fully saturated rings. The summed E-state index contributed by atoms with van der Waals surface area (Å²) in [6.07, 6.45) is 0.294. The van der Waals surface area contributed by atoms with Gasteiger partial charge in [-0.1, -0.05) is 5.57 Å². The van der Waals surface area contributed by atoms with Crippen LogP contribution in [0.5, 0.6) is 0 Å². The molecule has 0 aromatic carbocycles. The Kier molecular flexibility index (Phi) is 4.49. The van der Waals surface area contributed by atoms with Crippen LogP contribution in [0.15, 0.2) is 11.1 Å². The van der Waals surface area contributed by atoms with E-state index in [1.807, 2.05) is 0 Å². The third kappa shape index (κ3) is 3.15. The lowest BCUT2D eigenvalue weighted by atomic mass is 10.1. The van der Waals surface area contributed by atoms with E-state index in [0.717, 1.165) is 0 Å². The first-order valence-corrected chi connectivity index (χ1v) is 3.27. The van der Waals surface area contributed by atoms with E-state index in [1.165, 1.54) is 0 Å². The molecule has 0 atom stereocenters. The molecule has 0 saturated heterocycles. The number of hydrogen-bond donors (Lipinski definition) is 3. The monoisotopic (exact) mass is 160 g/mol. The Balaban J connectivity index is 4.40. The summed E-state index contributed by atoms with van der Waals surface area (Å²) in [7, 11) is 0. The van der Waals surface area contributed by atoms with Crippen molar-refractivity contribution >= 4 is 5.97 Å². The highest BCUT2D eigenvalue weighted by Gasteiger charge is 2.08. The summed E-state index contributed by atoms with van der Waals surface area (Å²) in [6.45, 7) is 1.000. The van der Waals surface area contributed by atoms with E-state index < -0.39 is 12.6 Å². The van der Waals surface area contributed by atoms with Crippen LogP contribution in [0.1, 0.15) is 13.3 Å². The number of aliphatic hydroxyl groups is 2. The van der Waals surface area contributed by atoms with E-state index in [4.69, 9.17) is 15.3 Å². The Bertz CT molecular complexity index is 171. The Labute approximate surface area is 64.8 Å². The molecule has 0 amide bonds. The number of hydrogen-bond acceptors (Lipinski definition) is 3. The van der Waals surface area contributed by atoms with Crippen LogP contribution < -0.4 is 0 Å². The van der Waals surface area contributed by atoms with Gasteiger partial charge in [-0.15, -0.1) is 0 Å². The highest BCUT2D eigenvalue weighted by atomic mass is 16.4. The fourth-order valence-electron chi connectivity index (χ4n) is 0.704. The molecule has 0 aromatic heterocycles. The van der Waals surface area contributed by atoms with Gasteiger partial charge in [0.2, 0.25) is 0 Å². The second-order valence-corrected chi connectivity index (χ2v) is 2.20. The molecule has 0 aliphatic rings. The minimum atomic E-state index is -1.13. The van der Waals surface area contributed by atoms with E-state index >= 15 is 0 Å². The highest BCUT2D eigenvalue weighted by molar-refractivity contribution is 5.87. The summed E-state index contributed by atoms with van der Waals surface area (Å²) >= 11 is 0. The van der Waals surface area contributed by atoms with Crippen molar-refractivity contribution in [1.82, 2.24) is 0 Å². The molecular weight excluding hydrogens is 148 g/mol. The third-order valence-corrected chi connectivity index (χ3v) is 1.42. The van der Waals surface area contributed by atoms with Crippen LogP contribution in [0.25, 0.3) is 0 Å². The number of aliphatic carboxylic acids is 1. The number of carbonyl (C=O) groups is 1. The molecule has 0 heterocycles. The average Bonchev–Trinajstić information content (AvgIpc) is 1.88. The molecule has 0 saturated carbocycles.